The molecule has 174 valence electrons. The van der Waals surface area contributed by atoms with Gasteiger partial charge in [0.2, 0.25) is 0 Å². The van der Waals surface area contributed by atoms with Crippen LogP contribution in [-0.4, -0.2) is 29.6 Å². The minimum absolute atomic E-state index is 0.121. The molecule has 0 aromatic heterocycles. The third-order valence-electron chi connectivity index (χ3n) is 4.68. The number of nitrogens with one attached hydrogen (secondary N) is 2. The van der Waals surface area contributed by atoms with Crippen LogP contribution < -0.4 is 15.5 Å². The number of nitro benzene ring substituents is 1. The Labute approximate surface area is 204 Å². The van der Waals surface area contributed by atoms with Crippen LogP contribution in [0.5, 0.6) is 5.75 Å². The molecule has 9 nitrogen and oxygen atoms in total. The number of non-ortho nitro benzene ring substituents is 1. The van der Waals surface area contributed by atoms with E-state index in [2.05, 4.69) is 31.8 Å². The number of hydrazone groups is 1. The number of carbonyl (C=O) groups is 2. The summed E-state index contributed by atoms with van der Waals surface area (Å²) in [6.07, 6.45) is 1.41. The van der Waals surface area contributed by atoms with E-state index in [1.54, 1.807) is 18.2 Å². The lowest BCUT2D eigenvalue weighted by molar-refractivity contribution is -0.384. The zero-order valence-electron chi connectivity index (χ0n) is 18.4. The summed E-state index contributed by atoms with van der Waals surface area (Å²) >= 11 is 3.39. The molecular weight excluding hydrogens is 504 g/mol. The van der Waals surface area contributed by atoms with Crippen LogP contribution in [0.3, 0.4) is 0 Å². The SMILES string of the molecule is Cc1ccc(C)c(NC(=O)COc2ccc(/C=N/NC(=O)c3cccc([N+](=O)[O-])c3)cc2Br)c1. The average molecular weight is 525 g/mol. The first-order chi connectivity index (χ1) is 16.2. The van der Waals surface area contributed by atoms with Crippen molar-refractivity contribution in [2.24, 2.45) is 5.10 Å². The highest BCUT2D eigenvalue weighted by atomic mass is 79.9. The molecule has 0 aliphatic carbocycles. The van der Waals surface area contributed by atoms with Gasteiger partial charge in [0.1, 0.15) is 5.75 Å². The molecule has 0 saturated heterocycles. The van der Waals surface area contributed by atoms with Crippen LogP contribution in [0.4, 0.5) is 11.4 Å². The molecule has 0 bridgehead atoms. The normalized spacial score (nSPS) is 10.7. The maximum Gasteiger partial charge on any atom is 0.271 e. The van der Waals surface area contributed by atoms with Crippen LogP contribution in [-0.2, 0) is 4.79 Å². The zero-order valence-corrected chi connectivity index (χ0v) is 20.0. The number of carbonyl (C=O) groups excluding carboxylic acids is 2. The molecule has 2 amide bonds. The summed E-state index contributed by atoms with van der Waals surface area (Å²) in [6, 6.07) is 16.2. The highest BCUT2D eigenvalue weighted by Crippen LogP contribution is 2.25. The van der Waals surface area contributed by atoms with E-state index in [0.29, 0.717) is 15.8 Å². The number of nitro groups is 1. The Bertz CT molecular complexity index is 1280. The van der Waals surface area contributed by atoms with Crippen LogP contribution in [0.15, 0.2) is 70.2 Å². The van der Waals surface area contributed by atoms with Gasteiger partial charge in [-0.15, -0.1) is 0 Å². The van der Waals surface area contributed by atoms with Gasteiger partial charge in [-0.05, 0) is 76.8 Å². The molecule has 0 radical (unpaired) electrons. The fourth-order valence-electron chi connectivity index (χ4n) is 2.91. The Balaban J connectivity index is 1.55. The molecule has 34 heavy (non-hydrogen) atoms. The Kier molecular flexibility index (Phi) is 8.10. The Morgan fingerprint density at radius 1 is 1.12 bits per heavy atom. The first-order valence-corrected chi connectivity index (χ1v) is 10.9. The van der Waals surface area contributed by atoms with Crippen molar-refractivity contribution in [1.82, 2.24) is 5.43 Å². The molecule has 3 aromatic carbocycles. The quantitative estimate of drug-likeness (QED) is 0.250. The number of hydrogen-bond acceptors (Lipinski definition) is 6. The molecule has 2 N–H and O–H groups in total. The van der Waals surface area contributed by atoms with Crippen LogP contribution >= 0.6 is 15.9 Å². The number of benzene rings is 3. The van der Waals surface area contributed by atoms with Gasteiger partial charge in [0.15, 0.2) is 6.61 Å². The van der Waals surface area contributed by atoms with E-state index in [9.17, 15) is 19.7 Å². The molecule has 0 aliphatic rings. The Morgan fingerprint density at radius 3 is 2.65 bits per heavy atom. The zero-order chi connectivity index (χ0) is 24.7. The summed E-state index contributed by atoms with van der Waals surface area (Å²) in [5.74, 6) is -0.391. The largest absolute Gasteiger partial charge is 0.483 e. The molecule has 0 unspecified atom stereocenters. The van der Waals surface area contributed by atoms with E-state index in [0.717, 1.165) is 16.8 Å². The lowest BCUT2D eigenvalue weighted by atomic mass is 10.1. The van der Waals surface area contributed by atoms with Gasteiger partial charge in [-0.2, -0.15) is 5.10 Å². The average Bonchev–Trinajstić information content (AvgIpc) is 2.81. The summed E-state index contributed by atoms with van der Waals surface area (Å²) in [6.45, 7) is 3.70. The number of ether oxygens (including phenoxy) is 1. The van der Waals surface area contributed by atoms with Crippen LogP contribution in [0.25, 0.3) is 0 Å². The summed E-state index contributed by atoms with van der Waals surface area (Å²) in [4.78, 5) is 34.7. The third kappa shape index (κ3) is 6.72. The summed E-state index contributed by atoms with van der Waals surface area (Å²) in [5.41, 5.74) is 5.66. The standard InChI is InChI=1S/C24H21BrN4O5/c1-15-6-7-16(2)21(10-15)27-23(30)14-34-22-9-8-17(11-20(22)25)13-26-28-24(31)18-4-3-5-19(12-18)29(32)33/h3-13H,14H2,1-2H3,(H,27,30)(H,28,31)/b26-13+. The van der Waals surface area contributed by atoms with Gasteiger partial charge in [-0.1, -0.05) is 18.2 Å². The van der Waals surface area contributed by atoms with Gasteiger partial charge in [-0.25, -0.2) is 5.43 Å². The van der Waals surface area contributed by atoms with Gasteiger partial charge < -0.3 is 10.1 Å². The minimum Gasteiger partial charge on any atom is -0.483 e. The molecular formula is C24H21BrN4O5. The maximum atomic E-state index is 12.3. The van der Waals surface area contributed by atoms with Gasteiger partial charge >= 0.3 is 0 Å². The fraction of sp³-hybridized carbons (Fsp3) is 0.125. The van der Waals surface area contributed by atoms with Crippen LogP contribution in [0.2, 0.25) is 0 Å². The molecule has 0 heterocycles. The van der Waals surface area contributed by atoms with Crippen molar-refractivity contribution in [3.63, 3.8) is 0 Å². The molecule has 3 aromatic rings. The molecule has 0 atom stereocenters. The van der Waals surface area contributed by atoms with Crippen molar-refractivity contribution in [1.29, 1.82) is 0 Å². The van der Waals surface area contributed by atoms with E-state index in [1.165, 1.54) is 30.5 Å². The Hall–Kier alpha value is -4.05. The first-order valence-electron chi connectivity index (χ1n) is 10.1. The topological polar surface area (TPSA) is 123 Å². The third-order valence-corrected chi connectivity index (χ3v) is 5.30. The predicted octanol–water partition coefficient (Wildman–Crippen LogP) is 4.76. The summed E-state index contributed by atoms with van der Waals surface area (Å²) in [7, 11) is 0. The monoisotopic (exact) mass is 524 g/mol. The molecule has 0 spiro atoms. The maximum absolute atomic E-state index is 12.3. The first kappa shape index (κ1) is 24.6. The predicted molar refractivity (Wildman–Crippen MR) is 132 cm³/mol. The van der Waals surface area contributed by atoms with E-state index < -0.39 is 10.8 Å². The van der Waals surface area contributed by atoms with Crippen LogP contribution in [0, 0.1) is 24.0 Å². The molecule has 3 rings (SSSR count). The van der Waals surface area contributed by atoms with Gasteiger partial charge in [0.25, 0.3) is 17.5 Å². The Morgan fingerprint density at radius 2 is 1.91 bits per heavy atom. The van der Waals surface area contributed by atoms with Crippen molar-refractivity contribution in [3.05, 3.63) is 97.5 Å². The number of nitrogens with zero attached hydrogens (tertiary/aromatic N) is 2. The smallest absolute Gasteiger partial charge is 0.271 e. The van der Waals surface area contributed by atoms with Gasteiger partial charge in [0.05, 0.1) is 15.6 Å². The van der Waals surface area contributed by atoms with E-state index in [-0.39, 0.29) is 23.8 Å². The van der Waals surface area contributed by atoms with Gasteiger partial charge in [0, 0.05) is 23.4 Å². The van der Waals surface area contributed by atoms with Gasteiger partial charge in [-0.3, -0.25) is 19.7 Å². The molecule has 10 heteroatoms. The lowest BCUT2D eigenvalue weighted by Gasteiger charge is -2.11. The lowest BCUT2D eigenvalue weighted by Crippen LogP contribution is -2.20. The van der Waals surface area contributed by atoms with Crippen molar-refractivity contribution in [3.8, 4) is 5.75 Å². The second-order valence-electron chi connectivity index (χ2n) is 7.35. The number of amides is 2. The van der Waals surface area contributed by atoms with E-state index in [1.807, 2.05) is 32.0 Å². The minimum atomic E-state index is -0.575. The van der Waals surface area contributed by atoms with Crippen molar-refractivity contribution >= 4 is 45.3 Å². The van der Waals surface area contributed by atoms with E-state index in [4.69, 9.17) is 4.74 Å². The number of halogens is 1. The number of anilines is 1. The van der Waals surface area contributed by atoms with E-state index >= 15 is 0 Å². The van der Waals surface area contributed by atoms with Crippen molar-refractivity contribution in [2.75, 3.05) is 11.9 Å². The number of hydrogen-bond donors (Lipinski definition) is 2. The summed E-state index contributed by atoms with van der Waals surface area (Å²) in [5, 5.41) is 17.5. The molecule has 0 fully saturated rings. The summed E-state index contributed by atoms with van der Waals surface area (Å²) < 4.78 is 6.20. The highest BCUT2D eigenvalue weighted by molar-refractivity contribution is 9.10. The number of rotatable bonds is 8. The second-order valence-corrected chi connectivity index (χ2v) is 8.21. The highest BCUT2D eigenvalue weighted by Gasteiger charge is 2.11. The van der Waals surface area contributed by atoms with Crippen molar-refractivity contribution in [2.45, 2.75) is 13.8 Å². The molecule has 0 saturated carbocycles. The fourth-order valence-corrected chi connectivity index (χ4v) is 3.42. The number of aryl methyl sites for hydroxylation is 2. The molecule has 0 aliphatic heterocycles. The van der Waals surface area contributed by atoms with Crippen LogP contribution in [0.1, 0.15) is 27.0 Å². The second kappa shape index (κ2) is 11.2. The van der Waals surface area contributed by atoms with Crippen molar-refractivity contribution < 1.29 is 19.2 Å².